The third kappa shape index (κ3) is 3.43. The molecule has 0 fully saturated rings. The number of rotatable bonds is 6. The van der Waals surface area contributed by atoms with E-state index in [0.717, 1.165) is 15.8 Å². The van der Waals surface area contributed by atoms with Crippen molar-refractivity contribution in [3.8, 4) is 0 Å². The Morgan fingerprint density at radius 1 is 1.34 bits per heavy atom. The number of halogens is 1. The minimum Gasteiger partial charge on any atom is -0.383 e. The second-order valence-electron chi connectivity index (χ2n) is 7.30. The summed E-state index contributed by atoms with van der Waals surface area (Å²) < 4.78 is 7.01. The molecule has 2 amide bonds. The largest absolute Gasteiger partial charge is 0.383 e. The summed E-state index contributed by atoms with van der Waals surface area (Å²) >= 11 is 7.93. The van der Waals surface area contributed by atoms with Crippen LogP contribution >= 0.6 is 22.9 Å². The summed E-state index contributed by atoms with van der Waals surface area (Å²) in [6.45, 7) is 3.23. The average molecular weight is 432 g/mol. The smallest absolute Gasteiger partial charge is 0.271 e. The highest BCUT2D eigenvalue weighted by Gasteiger charge is 2.47. The summed E-state index contributed by atoms with van der Waals surface area (Å²) in [5.41, 5.74) is 0.341. The van der Waals surface area contributed by atoms with Gasteiger partial charge in [0.2, 0.25) is 5.91 Å². The zero-order chi connectivity index (χ0) is 20.6. The van der Waals surface area contributed by atoms with E-state index in [1.807, 2.05) is 47.2 Å². The number of fused-ring (bicyclic) bond motifs is 3. The van der Waals surface area contributed by atoms with Gasteiger partial charge in [-0.1, -0.05) is 29.8 Å². The summed E-state index contributed by atoms with van der Waals surface area (Å²) in [6.07, 6.45) is 0. The topological polar surface area (TPSA) is 63.6 Å². The van der Waals surface area contributed by atoms with E-state index in [9.17, 15) is 9.59 Å². The minimum absolute atomic E-state index is 0.177. The van der Waals surface area contributed by atoms with Crippen LogP contribution in [0.2, 0.25) is 5.02 Å². The number of aromatic nitrogens is 1. The van der Waals surface area contributed by atoms with Gasteiger partial charge in [0.1, 0.15) is 16.1 Å². The van der Waals surface area contributed by atoms with Crippen molar-refractivity contribution in [2.45, 2.75) is 25.6 Å². The molecule has 1 aliphatic heterocycles. The molecule has 0 unspecified atom stereocenters. The van der Waals surface area contributed by atoms with Crippen LogP contribution < -0.4 is 5.32 Å². The molecule has 2 aromatic heterocycles. The van der Waals surface area contributed by atoms with Crippen LogP contribution in [0, 0.1) is 0 Å². The highest BCUT2D eigenvalue weighted by molar-refractivity contribution is 7.16. The first-order valence-corrected chi connectivity index (χ1v) is 10.6. The van der Waals surface area contributed by atoms with E-state index in [1.54, 1.807) is 29.4 Å². The molecular formula is C21H22ClN3O3S. The van der Waals surface area contributed by atoms with E-state index in [-0.39, 0.29) is 18.4 Å². The summed E-state index contributed by atoms with van der Waals surface area (Å²) in [5.74, 6) is -0.386. The molecule has 0 aliphatic carbocycles. The molecule has 0 saturated carbocycles. The molecule has 152 valence electrons. The highest BCUT2D eigenvalue weighted by atomic mass is 35.5. The van der Waals surface area contributed by atoms with Crippen LogP contribution in [0.15, 0.2) is 41.8 Å². The number of benzene rings is 1. The number of ether oxygens (including phenoxy) is 1. The van der Waals surface area contributed by atoms with Gasteiger partial charge in [0.25, 0.3) is 5.91 Å². The fraction of sp³-hybridized carbons (Fsp3) is 0.333. The normalized spacial score (nSPS) is 18.9. The van der Waals surface area contributed by atoms with E-state index in [1.165, 1.54) is 0 Å². The molecule has 0 radical (unpaired) electrons. The molecule has 1 aliphatic rings. The molecule has 0 saturated heterocycles. The van der Waals surface area contributed by atoms with Crippen LogP contribution in [-0.4, -0.2) is 47.1 Å². The third-order valence-corrected chi connectivity index (χ3v) is 6.72. The van der Waals surface area contributed by atoms with Gasteiger partial charge in [-0.25, -0.2) is 0 Å². The zero-order valence-electron chi connectivity index (χ0n) is 16.3. The lowest BCUT2D eigenvalue weighted by Crippen LogP contribution is -2.63. The summed E-state index contributed by atoms with van der Waals surface area (Å²) in [5, 5.41) is 6.49. The maximum Gasteiger partial charge on any atom is 0.271 e. The Labute approximate surface area is 178 Å². The van der Waals surface area contributed by atoms with Crippen LogP contribution in [0.3, 0.4) is 0 Å². The molecule has 0 spiro atoms. The minimum atomic E-state index is -1.06. The van der Waals surface area contributed by atoms with E-state index in [4.69, 9.17) is 16.3 Å². The standard InChI is InChI=1S/C21H22ClN3O3S/c1-21(20(27)23-8-9-28-2)13-24-17(11-14-7-10-29-19(14)24)18(26)25(21)12-15-5-3-4-6-16(15)22/h3-7,10-11H,8-9,12-13H2,1-2H3,(H,23,27)/t21-/m0/s1. The fourth-order valence-corrected chi connectivity index (χ4v) is 4.85. The Balaban J connectivity index is 1.76. The summed E-state index contributed by atoms with van der Waals surface area (Å²) in [7, 11) is 1.58. The second-order valence-corrected chi connectivity index (χ2v) is 8.60. The molecule has 3 aromatic rings. The molecule has 3 heterocycles. The first-order chi connectivity index (χ1) is 14.0. The monoisotopic (exact) mass is 431 g/mol. The Hall–Kier alpha value is -2.35. The van der Waals surface area contributed by atoms with Crippen molar-refractivity contribution < 1.29 is 14.3 Å². The first-order valence-electron chi connectivity index (χ1n) is 9.35. The van der Waals surface area contributed by atoms with Crippen LogP contribution in [0.4, 0.5) is 0 Å². The van der Waals surface area contributed by atoms with Gasteiger partial charge in [0, 0.05) is 30.6 Å². The quantitative estimate of drug-likeness (QED) is 0.607. The van der Waals surface area contributed by atoms with Crippen molar-refractivity contribution in [2.24, 2.45) is 0 Å². The van der Waals surface area contributed by atoms with Crippen LogP contribution in [0.1, 0.15) is 23.0 Å². The van der Waals surface area contributed by atoms with Crippen molar-refractivity contribution >= 4 is 45.0 Å². The van der Waals surface area contributed by atoms with Crippen molar-refractivity contribution in [2.75, 3.05) is 20.3 Å². The third-order valence-electron chi connectivity index (χ3n) is 5.40. The van der Waals surface area contributed by atoms with Gasteiger partial charge >= 0.3 is 0 Å². The number of methoxy groups -OCH3 is 1. The van der Waals surface area contributed by atoms with E-state index >= 15 is 0 Å². The van der Waals surface area contributed by atoms with Gasteiger partial charge in [-0.05, 0) is 36.1 Å². The molecule has 4 rings (SSSR count). The lowest BCUT2D eigenvalue weighted by Gasteiger charge is -2.44. The molecular weight excluding hydrogens is 410 g/mol. The molecule has 29 heavy (non-hydrogen) atoms. The van der Waals surface area contributed by atoms with E-state index in [2.05, 4.69) is 5.32 Å². The van der Waals surface area contributed by atoms with Crippen molar-refractivity contribution in [3.05, 3.63) is 58.1 Å². The lowest BCUT2D eigenvalue weighted by molar-refractivity contribution is -0.133. The van der Waals surface area contributed by atoms with Crippen molar-refractivity contribution in [1.82, 2.24) is 14.8 Å². The van der Waals surface area contributed by atoms with E-state index in [0.29, 0.717) is 30.4 Å². The van der Waals surface area contributed by atoms with Crippen LogP contribution in [0.5, 0.6) is 0 Å². The maximum absolute atomic E-state index is 13.5. The Kier molecular flexibility index (Phi) is 5.38. The molecule has 6 nitrogen and oxygen atoms in total. The number of carbonyl (C=O) groups is 2. The number of thiophene rings is 1. The lowest BCUT2D eigenvalue weighted by atomic mass is 9.94. The number of carbonyl (C=O) groups excluding carboxylic acids is 2. The summed E-state index contributed by atoms with van der Waals surface area (Å²) in [4.78, 5) is 29.4. The van der Waals surface area contributed by atoms with Gasteiger partial charge in [0.15, 0.2) is 0 Å². The first kappa shape index (κ1) is 19.9. The number of nitrogens with one attached hydrogen (secondary N) is 1. The average Bonchev–Trinajstić information content (AvgIpc) is 3.29. The maximum atomic E-state index is 13.5. The Morgan fingerprint density at radius 3 is 2.90 bits per heavy atom. The predicted octanol–water partition coefficient (Wildman–Crippen LogP) is 3.53. The molecule has 8 heteroatoms. The summed E-state index contributed by atoms with van der Waals surface area (Å²) in [6, 6.07) is 11.3. The van der Waals surface area contributed by atoms with Crippen LogP contribution in [0.25, 0.3) is 10.2 Å². The zero-order valence-corrected chi connectivity index (χ0v) is 17.8. The van der Waals surface area contributed by atoms with E-state index < -0.39 is 5.54 Å². The molecule has 0 bridgehead atoms. The van der Waals surface area contributed by atoms with Gasteiger partial charge in [-0.3, -0.25) is 9.59 Å². The number of nitrogens with zero attached hydrogens (tertiary/aromatic N) is 2. The highest BCUT2D eigenvalue weighted by Crippen LogP contribution is 2.36. The van der Waals surface area contributed by atoms with Gasteiger partial charge < -0.3 is 19.5 Å². The predicted molar refractivity (Wildman–Crippen MR) is 114 cm³/mol. The SMILES string of the molecule is COCCNC(=O)[C@]1(C)Cn2c(cc3ccsc32)C(=O)N1Cc1ccccc1Cl. The van der Waals surface area contributed by atoms with Gasteiger partial charge in [-0.15, -0.1) is 11.3 Å². The second kappa shape index (κ2) is 7.82. The van der Waals surface area contributed by atoms with Crippen LogP contribution in [-0.2, 0) is 22.6 Å². The number of amides is 2. The molecule has 1 N–H and O–H groups in total. The van der Waals surface area contributed by atoms with Gasteiger partial charge in [-0.2, -0.15) is 0 Å². The Bertz CT molecular complexity index is 1080. The molecule has 1 aromatic carbocycles. The number of hydrogen-bond acceptors (Lipinski definition) is 4. The van der Waals surface area contributed by atoms with Crippen molar-refractivity contribution in [1.29, 1.82) is 0 Å². The molecule has 1 atom stereocenters. The fourth-order valence-electron chi connectivity index (χ4n) is 3.76. The Morgan fingerprint density at radius 2 is 2.14 bits per heavy atom. The van der Waals surface area contributed by atoms with Crippen molar-refractivity contribution in [3.63, 3.8) is 0 Å². The number of hydrogen-bond donors (Lipinski definition) is 1. The van der Waals surface area contributed by atoms with Gasteiger partial charge in [0.05, 0.1) is 13.2 Å².